The van der Waals surface area contributed by atoms with Crippen LogP contribution in [0.3, 0.4) is 0 Å². The first kappa shape index (κ1) is 13.1. The van der Waals surface area contributed by atoms with Gasteiger partial charge in [0.15, 0.2) is 0 Å². The van der Waals surface area contributed by atoms with Crippen molar-refractivity contribution in [1.82, 2.24) is 5.32 Å². The molecule has 2 heteroatoms. The summed E-state index contributed by atoms with van der Waals surface area (Å²) in [4.78, 5) is 0. The maximum Gasteiger partial charge on any atom is 0.0130 e. The summed E-state index contributed by atoms with van der Waals surface area (Å²) < 4.78 is 1.31. The van der Waals surface area contributed by atoms with Gasteiger partial charge in [-0.15, -0.1) is 0 Å². The molecule has 98 valence electrons. The number of benzene rings is 2. The molecular formula is C17H18IN. The topological polar surface area (TPSA) is 12.0 Å². The molecule has 0 bridgehead atoms. The summed E-state index contributed by atoms with van der Waals surface area (Å²) in [5.41, 5.74) is 3.32. The van der Waals surface area contributed by atoms with Crippen molar-refractivity contribution in [2.45, 2.75) is 12.8 Å². The van der Waals surface area contributed by atoms with Crippen LogP contribution in [0.4, 0.5) is 0 Å². The molecule has 1 saturated heterocycles. The number of halogens is 1. The van der Waals surface area contributed by atoms with E-state index in [4.69, 9.17) is 0 Å². The van der Waals surface area contributed by atoms with E-state index in [1.807, 2.05) is 0 Å². The number of nitrogens with one attached hydrogen (secondary N) is 1. The van der Waals surface area contributed by atoms with Gasteiger partial charge in [-0.1, -0.05) is 42.5 Å². The van der Waals surface area contributed by atoms with E-state index >= 15 is 0 Å². The fraction of sp³-hybridized carbons (Fsp3) is 0.294. The summed E-state index contributed by atoms with van der Waals surface area (Å²) in [6.45, 7) is 2.27. The van der Waals surface area contributed by atoms with E-state index in [1.54, 1.807) is 0 Å². The zero-order valence-electron chi connectivity index (χ0n) is 10.9. The highest BCUT2D eigenvalue weighted by Crippen LogP contribution is 2.32. The van der Waals surface area contributed by atoms with Gasteiger partial charge < -0.3 is 5.32 Å². The van der Waals surface area contributed by atoms with Gasteiger partial charge in [0, 0.05) is 22.1 Å². The van der Waals surface area contributed by atoms with Crippen molar-refractivity contribution in [1.29, 1.82) is 0 Å². The first-order valence-electron chi connectivity index (χ1n) is 6.75. The highest BCUT2D eigenvalue weighted by molar-refractivity contribution is 14.1. The molecule has 0 spiro atoms. The van der Waals surface area contributed by atoms with Gasteiger partial charge in [-0.25, -0.2) is 0 Å². The van der Waals surface area contributed by atoms with E-state index in [1.165, 1.54) is 27.5 Å². The first-order valence-corrected chi connectivity index (χ1v) is 7.83. The van der Waals surface area contributed by atoms with E-state index in [9.17, 15) is 0 Å². The van der Waals surface area contributed by atoms with Gasteiger partial charge in [-0.05, 0) is 58.7 Å². The molecule has 0 unspecified atom stereocenters. The van der Waals surface area contributed by atoms with Gasteiger partial charge in [-0.2, -0.15) is 0 Å². The second kappa shape index (κ2) is 5.63. The molecule has 0 amide bonds. The van der Waals surface area contributed by atoms with Crippen LogP contribution in [0.5, 0.6) is 0 Å². The standard InChI is InChI=1S/C17H18IN/c18-16-8-6-15(7-9-16)11-17(12-19-13-17)10-14-4-2-1-3-5-14/h1-9,19H,10-13H2. The normalized spacial score (nSPS) is 16.9. The molecule has 1 heterocycles. The van der Waals surface area contributed by atoms with Gasteiger partial charge >= 0.3 is 0 Å². The van der Waals surface area contributed by atoms with Crippen molar-refractivity contribution >= 4 is 22.6 Å². The third kappa shape index (κ3) is 3.18. The predicted octanol–water partition coefficient (Wildman–Crippen LogP) is 3.67. The van der Waals surface area contributed by atoms with Gasteiger partial charge in [0.25, 0.3) is 0 Å². The lowest BCUT2D eigenvalue weighted by Crippen LogP contribution is -2.56. The average Bonchev–Trinajstić information content (AvgIpc) is 2.40. The second-order valence-corrected chi connectivity index (χ2v) is 6.81. The molecule has 19 heavy (non-hydrogen) atoms. The summed E-state index contributed by atoms with van der Waals surface area (Å²) in [6, 6.07) is 19.8. The van der Waals surface area contributed by atoms with Gasteiger partial charge in [0.05, 0.1) is 0 Å². The monoisotopic (exact) mass is 363 g/mol. The Morgan fingerprint density at radius 2 is 1.42 bits per heavy atom. The Morgan fingerprint density at radius 3 is 1.95 bits per heavy atom. The minimum Gasteiger partial charge on any atom is -0.315 e. The molecule has 1 nitrogen and oxygen atoms in total. The molecule has 0 atom stereocenters. The molecule has 3 rings (SSSR count). The Hall–Kier alpha value is -0.870. The van der Waals surface area contributed by atoms with Crippen molar-refractivity contribution in [3.8, 4) is 0 Å². The van der Waals surface area contributed by atoms with Crippen LogP contribution in [0.15, 0.2) is 54.6 Å². The average molecular weight is 363 g/mol. The van der Waals surface area contributed by atoms with Crippen molar-refractivity contribution in [3.05, 3.63) is 69.3 Å². The third-order valence-corrected chi connectivity index (χ3v) is 4.63. The SMILES string of the molecule is Ic1ccc(CC2(Cc3ccccc3)CNC2)cc1. The highest BCUT2D eigenvalue weighted by Gasteiger charge is 2.36. The first-order chi connectivity index (χ1) is 9.26. The predicted molar refractivity (Wildman–Crippen MR) is 88.3 cm³/mol. The molecule has 1 N–H and O–H groups in total. The fourth-order valence-electron chi connectivity index (χ4n) is 2.86. The zero-order chi connectivity index (χ0) is 13.1. The fourth-order valence-corrected chi connectivity index (χ4v) is 3.21. The van der Waals surface area contributed by atoms with Crippen molar-refractivity contribution in [2.75, 3.05) is 13.1 Å². The molecule has 2 aromatic rings. The van der Waals surface area contributed by atoms with E-state index in [2.05, 4.69) is 82.5 Å². The Bertz CT molecular complexity index is 529. The zero-order valence-corrected chi connectivity index (χ0v) is 13.1. The number of rotatable bonds is 4. The minimum absolute atomic E-state index is 0.411. The maximum absolute atomic E-state index is 3.45. The molecular weight excluding hydrogens is 345 g/mol. The van der Waals surface area contributed by atoms with Crippen LogP contribution in [0.2, 0.25) is 0 Å². The van der Waals surface area contributed by atoms with Crippen LogP contribution in [-0.2, 0) is 12.8 Å². The molecule has 1 aliphatic heterocycles. The number of hydrogen-bond donors (Lipinski definition) is 1. The van der Waals surface area contributed by atoms with E-state index in [0.717, 1.165) is 13.1 Å². The molecule has 0 aliphatic carbocycles. The quantitative estimate of drug-likeness (QED) is 0.818. The lowest BCUT2D eigenvalue weighted by Gasteiger charge is -2.43. The summed E-state index contributed by atoms with van der Waals surface area (Å²) in [5.74, 6) is 0. The van der Waals surface area contributed by atoms with Crippen LogP contribution in [0.1, 0.15) is 11.1 Å². The Morgan fingerprint density at radius 1 is 0.842 bits per heavy atom. The largest absolute Gasteiger partial charge is 0.315 e. The molecule has 2 aromatic carbocycles. The molecule has 0 radical (unpaired) electrons. The molecule has 1 aliphatic rings. The Kier molecular flexibility index (Phi) is 3.89. The van der Waals surface area contributed by atoms with Crippen LogP contribution >= 0.6 is 22.6 Å². The van der Waals surface area contributed by atoms with E-state index < -0.39 is 0 Å². The summed E-state index contributed by atoms with van der Waals surface area (Å²) in [5, 5.41) is 3.45. The van der Waals surface area contributed by atoms with Crippen LogP contribution < -0.4 is 5.32 Å². The smallest absolute Gasteiger partial charge is 0.0130 e. The van der Waals surface area contributed by atoms with E-state index in [-0.39, 0.29) is 0 Å². The summed E-state index contributed by atoms with van der Waals surface area (Å²) >= 11 is 2.36. The lowest BCUT2D eigenvalue weighted by molar-refractivity contribution is 0.166. The summed E-state index contributed by atoms with van der Waals surface area (Å²) in [7, 11) is 0. The molecule has 0 aromatic heterocycles. The summed E-state index contributed by atoms with van der Waals surface area (Å²) in [6.07, 6.45) is 2.35. The van der Waals surface area contributed by atoms with Crippen molar-refractivity contribution in [3.63, 3.8) is 0 Å². The van der Waals surface area contributed by atoms with Gasteiger partial charge in [-0.3, -0.25) is 0 Å². The molecule has 0 saturated carbocycles. The highest BCUT2D eigenvalue weighted by atomic mass is 127. The lowest BCUT2D eigenvalue weighted by atomic mass is 9.72. The third-order valence-electron chi connectivity index (χ3n) is 3.91. The van der Waals surface area contributed by atoms with Crippen molar-refractivity contribution < 1.29 is 0 Å². The van der Waals surface area contributed by atoms with E-state index in [0.29, 0.717) is 5.41 Å². The van der Waals surface area contributed by atoms with Crippen LogP contribution in [0, 0.1) is 8.99 Å². The molecule has 1 fully saturated rings. The Balaban J connectivity index is 1.74. The van der Waals surface area contributed by atoms with Gasteiger partial charge in [0.2, 0.25) is 0 Å². The van der Waals surface area contributed by atoms with Crippen LogP contribution in [-0.4, -0.2) is 13.1 Å². The second-order valence-electron chi connectivity index (χ2n) is 5.57. The minimum atomic E-state index is 0.411. The number of hydrogen-bond acceptors (Lipinski definition) is 1. The Labute approximate surface area is 128 Å². The maximum atomic E-state index is 3.45. The van der Waals surface area contributed by atoms with Crippen LogP contribution in [0.25, 0.3) is 0 Å². The van der Waals surface area contributed by atoms with Gasteiger partial charge in [0.1, 0.15) is 0 Å². The van der Waals surface area contributed by atoms with Crippen molar-refractivity contribution in [2.24, 2.45) is 5.41 Å².